The summed E-state index contributed by atoms with van der Waals surface area (Å²) in [4.78, 5) is 16.9. The van der Waals surface area contributed by atoms with E-state index in [-0.39, 0.29) is 18.3 Å². The zero-order chi connectivity index (χ0) is 15.4. The normalized spacial score (nSPS) is 13.2. The van der Waals surface area contributed by atoms with Gasteiger partial charge < -0.3 is 15.1 Å². The lowest BCUT2D eigenvalue weighted by molar-refractivity contribution is 0.0724. The lowest BCUT2D eigenvalue weighted by atomic mass is 10.0. The molecule has 0 bridgehead atoms. The maximum atomic E-state index is 12.8. The zero-order valence-corrected chi connectivity index (χ0v) is 14.9. The van der Waals surface area contributed by atoms with Crippen LogP contribution in [-0.4, -0.2) is 49.4 Å². The third-order valence-electron chi connectivity index (χ3n) is 3.77. The van der Waals surface area contributed by atoms with Crippen LogP contribution in [-0.2, 0) is 13.1 Å². The molecule has 2 rings (SSSR count). The predicted molar refractivity (Wildman–Crippen MR) is 93.5 cm³/mol. The summed E-state index contributed by atoms with van der Waals surface area (Å²) >= 11 is 0. The van der Waals surface area contributed by atoms with Crippen LogP contribution in [0.3, 0.4) is 0 Å². The Kier molecular flexibility index (Phi) is 7.33. The van der Waals surface area contributed by atoms with Gasteiger partial charge in [0.05, 0.1) is 0 Å². The van der Waals surface area contributed by atoms with E-state index in [1.165, 1.54) is 11.1 Å². The van der Waals surface area contributed by atoms with Crippen molar-refractivity contribution in [1.29, 1.82) is 0 Å². The molecule has 1 aliphatic heterocycles. The predicted octanol–water partition coefficient (Wildman–Crippen LogP) is 2.37. The van der Waals surface area contributed by atoms with Crippen molar-refractivity contribution < 1.29 is 4.79 Å². The number of hydrogen-bond acceptors (Lipinski definition) is 3. The summed E-state index contributed by atoms with van der Waals surface area (Å²) in [7, 11) is 4.08. The molecule has 0 spiro atoms. The number of nitrogens with one attached hydrogen (secondary N) is 1. The van der Waals surface area contributed by atoms with Gasteiger partial charge in [-0.15, -0.1) is 12.4 Å². The molecule has 1 N–H and O–H groups in total. The highest BCUT2D eigenvalue weighted by Gasteiger charge is 2.19. The fourth-order valence-electron chi connectivity index (χ4n) is 2.65. The number of benzene rings is 1. The van der Waals surface area contributed by atoms with E-state index in [4.69, 9.17) is 0 Å². The standard InChI is InChI=1S/C17H27N3O.ClH/c1-13(2)12-20(8-7-19(3)4)17(21)14-5-6-15-10-18-11-16(15)9-14;/h5-6,9,13,18H,7-8,10-12H2,1-4H3;1H. The first-order chi connectivity index (χ1) is 9.97. The van der Waals surface area contributed by atoms with Gasteiger partial charge in [0.15, 0.2) is 0 Å². The van der Waals surface area contributed by atoms with Gasteiger partial charge in [-0.2, -0.15) is 0 Å². The molecular formula is C17H28ClN3O. The van der Waals surface area contributed by atoms with Crippen LogP contribution >= 0.6 is 12.4 Å². The second-order valence-electron chi connectivity index (χ2n) is 6.54. The smallest absolute Gasteiger partial charge is 0.253 e. The molecule has 0 atom stereocenters. The molecule has 5 heteroatoms. The molecule has 0 aliphatic carbocycles. The van der Waals surface area contributed by atoms with E-state index in [1.807, 2.05) is 25.1 Å². The van der Waals surface area contributed by atoms with Crippen LogP contribution < -0.4 is 5.32 Å². The summed E-state index contributed by atoms with van der Waals surface area (Å²) in [5.41, 5.74) is 3.39. The van der Waals surface area contributed by atoms with E-state index in [1.54, 1.807) is 0 Å². The van der Waals surface area contributed by atoms with Crippen molar-refractivity contribution >= 4 is 18.3 Å². The quantitative estimate of drug-likeness (QED) is 0.872. The van der Waals surface area contributed by atoms with Crippen molar-refractivity contribution in [3.8, 4) is 0 Å². The molecule has 1 aliphatic rings. The summed E-state index contributed by atoms with van der Waals surface area (Å²) in [5, 5.41) is 3.32. The molecule has 1 amide bonds. The third-order valence-corrected chi connectivity index (χ3v) is 3.77. The van der Waals surface area contributed by atoms with E-state index < -0.39 is 0 Å². The zero-order valence-electron chi connectivity index (χ0n) is 14.1. The fraction of sp³-hybridized carbons (Fsp3) is 0.588. The molecule has 22 heavy (non-hydrogen) atoms. The highest BCUT2D eigenvalue weighted by atomic mass is 35.5. The summed E-state index contributed by atoms with van der Waals surface area (Å²) in [6.45, 7) is 8.58. The summed E-state index contributed by atoms with van der Waals surface area (Å²) in [6, 6.07) is 6.11. The molecule has 0 saturated carbocycles. The van der Waals surface area contributed by atoms with E-state index in [9.17, 15) is 4.79 Å². The maximum absolute atomic E-state index is 12.8. The topological polar surface area (TPSA) is 35.6 Å². The van der Waals surface area contributed by atoms with Gasteiger partial charge in [0.25, 0.3) is 5.91 Å². The van der Waals surface area contributed by atoms with Crippen LogP contribution in [0.4, 0.5) is 0 Å². The number of carbonyl (C=O) groups excluding carboxylic acids is 1. The summed E-state index contributed by atoms with van der Waals surface area (Å²) in [5.74, 6) is 0.632. The Hall–Kier alpha value is -1.10. The summed E-state index contributed by atoms with van der Waals surface area (Å²) in [6.07, 6.45) is 0. The Bertz CT molecular complexity index is 503. The van der Waals surface area contributed by atoms with E-state index in [0.717, 1.165) is 38.3 Å². The minimum absolute atomic E-state index is 0. The van der Waals surface area contributed by atoms with Crippen molar-refractivity contribution in [2.75, 3.05) is 33.7 Å². The van der Waals surface area contributed by atoms with Crippen molar-refractivity contribution in [3.05, 3.63) is 34.9 Å². The SMILES string of the molecule is CC(C)CN(CCN(C)C)C(=O)c1ccc2c(c1)CNC2.Cl. The molecule has 0 unspecified atom stereocenters. The molecule has 1 heterocycles. The van der Waals surface area contributed by atoms with Crippen LogP contribution in [0.25, 0.3) is 0 Å². The number of carbonyl (C=O) groups is 1. The van der Waals surface area contributed by atoms with Gasteiger partial charge >= 0.3 is 0 Å². The lowest BCUT2D eigenvalue weighted by Gasteiger charge is -2.26. The average Bonchev–Trinajstić information content (AvgIpc) is 2.89. The van der Waals surface area contributed by atoms with Gasteiger partial charge in [-0.05, 0) is 43.3 Å². The number of likely N-dealkylation sites (N-methyl/N-ethyl adjacent to an activating group) is 1. The molecule has 0 fully saturated rings. The number of rotatable bonds is 6. The number of hydrogen-bond donors (Lipinski definition) is 1. The van der Waals surface area contributed by atoms with Crippen molar-refractivity contribution in [3.63, 3.8) is 0 Å². The fourth-order valence-corrected chi connectivity index (χ4v) is 2.65. The highest BCUT2D eigenvalue weighted by molar-refractivity contribution is 5.94. The number of halogens is 1. The molecule has 0 aromatic heterocycles. The average molecular weight is 326 g/mol. The maximum Gasteiger partial charge on any atom is 0.253 e. The largest absolute Gasteiger partial charge is 0.337 e. The monoisotopic (exact) mass is 325 g/mol. The van der Waals surface area contributed by atoms with Crippen LogP contribution in [0.2, 0.25) is 0 Å². The number of fused-ring (bicyclic) bond motifs is 1. The second kappa shape index (κ2) is 8.51. The van der Waals surface area contributed by atoms with Crippen LogP contribution in [0.5, 0.6) is 0 Å². The number of nitrogens with zero attached hydrogens (tertiary/aromatic N) is 2. The van der Waals surface area contributed by atoms with Crippen molar-refractivity contribution in [2.24, 2.45) is 5.92 Å². The summed E-state index contributed by atoms with van der Waals surface area (Å²) < 4.78 is 0. The second-order valence-corrected chi connectivity index (χ2v) is 6.54. The molecule has 0 saturated heterocycles. The van der Waals surface area contributed by atoms with Gasteiger partial charge in [-0.1, -0.05) is 19.9 Å². The Balaban J connectivity index is 0.00000242. The first kappa shape index (κ1) is 18.9. The van der Waals surface area contributed by atoms with Gasteiger partial charge in [0.2, 0.25) is 0 Å². The van der Waals surface area contributed by atoms with Crippen molar-refractivity contribution in [2.45, 2.75) is 26.9 Å². The van der Waals surface area contributed by atoms with E-state index in [2.05, 4.69) is 36.2 Å². The Morgan fingerprint density at radius 3 is 2.50 bits per heavy atom. The van der Waals surface area contributed by atoms with Gasteiger partial charge in [-0.3, -0.25) is 4.79 Å². The molecule has 0 radical (unpaired) electrons. The van der Waals surface area contributed by atoms with Crippen LogP contribution in [0, 0.1) is 5.92 Å². The Morgan fingerprint density at radius 1 is 1.18 bits per heavy atom. The minimum Gasteiger partial charge on any atom is -0.337 e. The molecule has 1 aromatic carbocycles. The first-order valence-corrected chi connectivity index (χ1v) is 7.74. The first-order valence-electron chi connectivity index (χ1n) is 7.74. The Labute approximate surface area is 140 Å². The lowest BCUT2D eigenvalue weighted by Crippen LogP contribution is -2.39. The minimum atomic E-state index is 0. The van der Waals surface area contributed by atoms with E-state index >= 15 is 0 Å². The molecule has 124 valence electrons. The third kappa shape index (κ3) is 4.97. The highest BCUT2D eigenvalue weighted by Crippen LogP contribution is 2.18. The van der Waals surface area contributed by atoms with Crippen LogP contribution in [0.15, 0.2) is 18.2 Å². The molecule has 1 aromatic rings. The van der Waals surface area contributed by atoms with Gasteiger partial charge in [-0.25, -0.2) is 0 Å². The number of amides is 1. The Morgan fingerprint density at radius 2 is 1.86 bits per heavy atom. The van der Waals surface area contributed by atoms with Crippen molar-refractivity contribution in [1.82, 2.24) is 15.1 Å². The van der Waals surface area contributed by atoms with Crippen LogP contribution in [0.1, 0.15) is 35.3 Å². The van der Waals surface area contributed by atoms with Gasteiger partial charge in [0, 0.05) is 38.3 Å². The van der Waals surface area contributed by atoms with Gasteiger partial charge in [0.1, 0.15) is 0 Å². The molecular weight excluding hydrogens is 298 g/mol. The molecule has 4 nitrogen and oxygen atoms in total. The van der Waals surface area contributed by atoms with E-state index in [0.29, 0.717) is 5.92 Å².